The molecule has 2 heterocycles. The first-order valence-corrected chi connectivity index (χ1v) is 4.92. The fourth-order valence-corrected chi connectivity index (χ4v) is 1.51. The number of aromatic nitrogens is 4. The molecule has 4 heteroatoms. The second kappa shape index (κ2) is 3.66. The van der Waals surface area contributed by atoms with Gasteiger partial charge in [0, 0.05) is 5.56 Å². The highest BCUT2D eigenvalue weighted by atomic mass is 14.9. The summed E-state index contributed by atoms with van der Waals surface area (Å²) in [6.07, 6.45) is 4.90. The van der Waals surface area contributed by atoms with Gasteiger partial charge in [-0.15, -0.1) is 0 Å². The first-order valence-electron chi connectivity index (χ1n) is 4.92. The predicted molar refractivity (Wildman–Crippen MR) is 60.6 cm³/mol. The van der Waals surface area contributed by atoms with Crippen LogP contribution in [0.1, 0.15) is 0 Å². The number of hydrogen-bond donors (Lipinski definition) is 0. The van der Waals surface area contributed by atoms with Crippen LogP contribution in [0.5, 0.6) is 0 Å². The fourth-order valence-electron chi connectivity index (χ4n) is 1.51. The molecule has 0 aliphatic rings. The minimum atomic E-state index is 0.697. The lowest BCUT2D eigenvalue weighted by Crippen LogP contribution is -1.91. The molecular formula is C12H8N4. The van der Waals surface area contributed by atoms with Crippen molar-refractivity contribution in [2.24, 2.45) is 0 Å². The van der Waals surface area contributed by atoms with E-state index in [-0.39, 0.29) is 0 Å². The van der Waals surface area contributed by atoms with Crippen LogP contribution in [0.4, 0.5) is 0 Å². The van der Waals surface area contributed by atoms with Gasteiger partial charge in [0.05, 0.1) is 12.4 Å². The molecule has 76 valence electrons. The third-order valence-corrected chi connectivity index (χ3v) is 2.29. The van der Waals surface area contributed by atoms with Crippen molar-refractivity contribution in [2.45, 2.75) is 0 Å². The molecular weight excluding hydrogens is 200 g/mol. The van der Waals surface area contributed by atoms with Gasteiger partial charge in [-0.3, -0.25) is 0 Å². The van der Waals surface area contributed by atoms with Crippen LogP contribution in [0.25, 0.3) is 22.4 Å². The van der Waals surface area contributed by atoms with Gasteiger partial charge in [-0.25, -0.2) is 19.9 Å². The fraction of sp³-hybridized carbons (Fsp3) is 0. The molecule has 3 aromatic rings. The Hall–Kier alpha value is -2.36. The van der Waals surface area contributed by atoms with Crippen LogP contribution in [0.2, 0.25) is 0 Å². The lowest BCUT2D eigenvalue weighted by atomic mass is 10.2. The average molecular weight is 208 g/mol. The SMILES string of the molecule is c1ccc(-c2ncc3ncncc3n2)cc1. The van der Waals surface area contributed by atoms with Crippen LogP contribution in [0.15, 0.2) is 49.1 Å². The van der Waals surface area contributed by atoms with Gasteiger partial charge in [-0.05, 0) is 0 Å². The summed E-state index contributed by atoms with van der Waals surface area (Å²) in [7, 11) is 0. The molecule has 0 amide bonds. The highest BCUT2D eigenvalue weighted by molar-refractivity contribution is 5.74. The zero-order valence-corrected chi connectivity index (χ0v) is 8.41. The van der Waals surface area contributed by atoms with Crippen molar-refractivity contribution in [3.8, 4) is 11.4 Å². The van der Waals surface area contributed by atoms with E-state index in [0.29, 0.717) is 5.82 Å². The summed E-state index contributed by atoms with van der Waals surface area (Å²) < 4.78 is 0. The predicted octanol–water partition coefficient (Wildman–Crippen LogP) is 2.09. The Bertz CT molecular complexity index is 622. The maximum atomic E-state index is 4.41. The standard InChI is InChI=1S/C12H8N4/c1-2-4-9(5-3-1)12-14-7-10-11(16-12)6-13-8-15-10/h1-8H. The van der Waals surface area contributed by atoms with Crippen molar-refractivity contribution in [3.63, 3.8) is 0 Å². The summed E-state index contributed by atoms with van der Waals surface area (Å²) in [5.41, 5.74) is 2.51. The Balaban J connectivity index is 2.19. The Morgan fingerprint density at radius 1 is 0.812 bits per heavy atom. The molecule has 0 saturated heterocycles. The molecule has 1 aromatic carbocycles. The molecule has 0 N–H and O–H groups in total. The number of nitrogens with zero attached hydrogens (tertiary/aromatic N) is 4. The second-order valence-electron chi connectivity index (χ2n) is 3.35. The molecule has 0 atom stereocenters. The van der Waals surface area contributed by atoms with E-state index in [1.165, 1.54) is 6.33 Å². The monoisotopic (exact) mass is 208 g/mol. The van der Waals surface area contributed by atoms with Crippen LogP contribution in [-0.4, -0.2) is 19.9 Å². The lowest BCUT2D eigenvalue weighted by Gasteiger charge is -2.00. The summed E-state index contributed by atoms with van der Waals surface area (Å²) >= 11 is 0. The normalized spacial score (nSPS) is 10.5. The van der Waals surface area contributed by atoms with Crippen LogP contribution < -0.4 is 0 Å². The van der Waals surface area contributed by atoms with E-state index < -0.39 is 0 Å². The van der Waals surface area contributed by atoms with E-state index >= 15 is 0 Å². The highest BCUT2D eigenvalue weighted by Gasteiger charge is 2.02. The quantitative estimate of drug-likeness (QED) is 0.614. The molecule has 0 unspecified atom stereocenters. The number of hydrogen-bond acceptors (Lipinski definition) is 4. The van der Waals surface area contributed by atoms with Gasteiger partial charge in [0.15, 0.2) is 5.82 Å². The lowest BCUT2D eigenvalue weighted by molar-refractivity contribution is 1.15. The van der Waals surface area contributed by atoms with E-state index in [1.807, 2.05) is 30.3 Å². The topological polar surface area (TPSA) is 51.6 Å². The molecule has 0 saturated carbocycles. The molecule has 0 aliphatic heterocycles. The zero-order valence-electron chi connectivity index (χ0n) is 8.41. The van der Waals surface area contributed by atoms with Gasteiger partial charge in [0.1, 0.15) is 17.4 Å². The number of rotatable bonds is 1. The van der Waals surface area contributed by atoms with Gasteiger partial charge in [-0.1, -0.05) is 30.3 Å². The minimum Gasteiger partial charge on any atom is -0.243 e. The van der Waals surface area contributed by atoms with E-state index in [0.717, 1.165) is 16.6 Å². The van der Waals surface area contributed by atoms with Gasteiger partial charge in [0.25, 0.3) is 0 Å². The Kier molecular flexibility index (Phi) is 2.04. The zero-order chi connectivity index (χ0) is 10.8. The van der Waals surface area contributed by atoms with Gasteiger partial charge in [0.2, 0.25) is 0 Å². The van der Waals surface area contributed by atoms with E-state index in [9.17, 15) is 0 Å². The first kappa shape index (κ1) is 8.91. The number of benzene rings is 1. The van der Waals surface area contributed by atoms with Gasteiger partial charge >= 0.3 is 0 Å². The van der Waals surface area contributed by atoms with Crippen molar-refractivity contribution in [3.05, 3.63) is 49.1 Å². The maximum absolute atomic E-state index is 4.41. The average Bonchev–Trinajstić information content (AvgIpc) is 2.39. The smallest absolute Gasteiger partial charge is 0.159 e. The third-order valence-electron chi connectivity index (χ3n) is 2.29. The first-order chi connectivity index (χ1) is 7.93. The van der Waals surface area contributed by atoms with E-state index in [2.05, 4.69) is 19.9 Å². The molecule has 0 radical (unpaired) electrons. The van der Waals surface area contributed by atoms with Crippen LogP contribution in [-0.2, 0) is 0 Å². The van der Waals surface area contributed by atoms with Crippen molar-refractivity contribution >= 4 is 11.0 Å². The van der Waals surface area contributed by atoms with Gasteiger partial charge in [-0.2, -0.15) is 0 Å². The molecule has 3 rings (SSSR count). The van der Waals surface area contributed by atoms with E-state index in [1.54, 1.807) is 12.4 Å². The molecule has 4 nitrogen and oxygen atoms in total. The molecule has 16 heavy (non-hydrogen) atoms. The Morgan fingerprint density at radius 3 is 2.56 bits per heavy atom. The minimum absolute atomic E-state index is 0.697. The molecule has 0 bridgehead atoms. The Labute approximate surface area is 92.0 Å². The van der Waals surface area contributed by atoms with Gasteiger partial charge < -0.3 is 0 Å². The van der Waals surface area contributed by atoms with Crippen LogP contribution in [0.3, 0.4) is 0 Å². The van der Waals surface area contributed by atoms with Crippen molar-refractivity contribution in [1.82, 2.24) is 19.9 Å². The molecule has 0 spiro atoms. The molecule has 0 aliphatic carbocycles. The molecule has 2 aromatic heterocycles. The highest BCUT2D eigenvalue weighted by Crippen LogP contribution is 2.15. The third kappa shape index (κ3) is 1.50. The van der Waals surface area contributed by atoms with Crippen molar-refractivity contribution < 1.29 is 0 Å². The maximum Gasteiger partial charge on any atom is 0.159 e. The van der Waals surface area contributed by atoms with Crippen molar-refractivity contribution in [1.29, 1.82) is 0 Å². The Morgan fingerprint density at radius 2 is 1.69 bits per heavy atom. The number of fused-ring (bicyclic) bond motifs is 1. The van der Waals surface area contributed by atoms with Crippen LogP contribution in [0, 0.1) is 0 Å². The second-order valence-corrected chi connectivity index (χ2v) is 3.35. The summed E-state index contributed by atoms with van der Waals surface area (Å²) in [6, 6.07) is 9.85. The van der Waals surface area contributed by atoms with E-state index in [4.69, 9.17) is 0 Å². The summed E-state index contributed by atoms with van der Waals surface area (Å²) in [5, 5.41) is 0. The summed E-state index contributed by atoms with van der Waals surface area (Å²) in [5.74, 6) is 0.697. The molecule has 0 fully saturated rings. The van der Waals surface area contributed by atoms with Crippen LogP contribution >= 0.6 is 0 Å². The summed E-state index contributed by atoms with van der Waals surface area (Å²) in [6.45, 7) is 0. The largest absolute Gasteiger partial charge is 0.243 e. The summed E-state index contributed by atoms with van der Waals surface area (Å²) in [4.78, 5) is 16.7. The van der Waals surface area contributed by atoms with Crippen molar-refractivity contribution in [2.75, 3.05) is 0 Å².